The molecule has 0 radical (unpaired) electrons. The van der Waals surface area contributed by atoms with Crippen molar-refractivity contribution in [2.45, 2.75) is 37.6 Å². The van der Waals surface area contributed by atoms with Crippen molar-refractivity contribution >= 4 is 21.4 Å². The maximum absolute atomic E-state index is 12.7. The Hall–Kier alpha value is -1.67. The van der Waals surface area contributed by atoms with Gasteiger partial charge in [0.1, 0.15) is 0 Å². The van der Waals surface area contributed by atoms with Gasteiger partial charge in [-0.3, -0.25) is 10.1 Å². The third kappa shape index (κ3) is 3.33. The fourth-order valence-electron chi connectivity index (χ4n) is 1.72. The third-order valence-corrected chi connectivity index (χ3v) is 5.90. The van der Waals surface area contributed by atoms with E-state index in [0.717, 1.165) is 0 Å². The van der Waals surface area contributed by atoms with Gasteiger partial charge in [0.2, 0.25) is 10.0 Å². The Labute approximate surface area is 125 Å². The minimum absolute atomic E-state index is 0.302. The first kappa shape index (κ1) is 17.4. The lowest BCUT2D eigenvalue weighted by atomic mass is 10.0. The Bertz CT molecular complexity index is 641. The molecule has 0 saturated heterocycles. The normalized spacial score (nSPS) is 12.5. The van der Waals surface area contributed by atoms with Gasteiger partial charge in [-0.2, -0.15) is 4.31 Å². The Balaban J connectivity index is 3.53. The van der Waals surface area contributed by atoms with Crippen LogP contribution in [0.4, 0.5) is 11.4 Å². The van der Waals surface area contributed by atoms with Crippen LogP contribution in [0.15, 0.2) is 23.1 Å². The summed E-state index contributed by atoms with van der Waals surface area (Å²) < 4.78 is 26.6. The van der Waals surface area contributed by atoms with Gasteiger partial charge in [0, 0.05) is 31.4 Å². The molecule has 8 heteroatoms. The van der Waals surface area contributed by atoms with Crippen LogP contribution in [0.1, 0.15) is 27.2 Å². The Morgan fingerprint density at radius 1 is 1.38 bits per heavy atom. The number of hydrogen-bond acceptors (Lipinski definition) is 5. The molecular weight excluding hydrogens is 294 g/mol. The molecule has 21 heavy (non-hydrogen) atoms. The van der Waals surface area contributed by atoms with Gasteiger partial charge < -0.3 is 5.32 Å². The largest absolute Gasteiger partial charge is 0.388 e. The van der Waals surface area contributed by atoms with Gasteiger partial charge in [-0.1, -0.05) is 6.92 Å². The van der Waals surface area contributed by atoms with Crippen molar-refractivity contribution in [2.75, 3.05) is 19.4 Å². The molecule has 0 unspecified atom stereocenters. The zero-order chi connectivity index (χ0) is 16.4. The monoisotopic (exact) mass is 315 g/mol. The summed E-state index contributed by atoms with van der Waals surface area (Å²) in [5.41, 5.74) is -0.558. The highest BCUT2D eigenvalue weighted by Gasteiger charge is 2.36. The molecule has 0 bridgehead atoms. The zero-order valence-corrected chi connectivity index (χ0v) is 13.7. The van der Waals surface area contributed by atoms with Crippen molar-refractivity contribution in [3.63, 3.8) is 0 Å². The quantitative estimate of drug-likeness (QED) is 0.643. The van der Waals surface area contributed by atoms with Crippen LogP contribution in [0.25, 0.3) is 0 Å². The van der Waals surface area contributed by atoms with Gasteiger partial charge in [0.25, 0.3) is 5.69 Å². The number of benzene rings is 1. The summed E-state index contributed by atoms with van der Waals surface area (Å²) in [6, 6.07) is 3.96. The van der Waals surface area contributed by atoms with E-state index < -0.39 is 26.2 Å². The van der Waals surface area contributed by atoms with Crippen molar-refractivity contribution in [3.05, 3.63) is 28.3 Å². The molecule has 0 atom stereocenters. The first-order valence-electron chi connectivity index (χ1n) is 6.53. The molecule has 118 valence electrons. The van der Waals surface area contributed by atoms with Crippen molar-refractivity contribution in [3.8, 4) is 0 Å². The molecule has 1 rings (SSSR count). The Morgan fingerprint density at radius 2 is 1.95 bits per heavy atom. The maximum Gasteiger partial charge on any atom is 0.289 e. The molecule has 1 aromatic rings. The molecule has 1 aromatic carbocycles. The van der Waals surface area contributed by atoms with Gasteiger partial charge in [0.05, 0.1) is 4.92 Å². The minimum atomic E-state index is -3.97. The van der Waals surface area contributed by atoms with E-state index in [1.54, 1.807) is 20.9 Å². The molecule has 0 saturated carbocycles. The van der Waals surface area contributed by atoms with Crippen LogP contribution in [0, 0.1) is 10.1 Å². The topological polar surface area (TPSA) is 92.6 Å². The van der Waals surface area contributed by atoms with Crippen LogP contribution in [0.3, 0.4) is 0 Å². The van der Waals surface area contributed by atoms with E-state index in [-0.39, 0.29) is 4.90 Å². The second kappa shape index (κ2) is 5.98. The van der Waals surface area contributed by atoms with Crippen molar-refractivity contribution < 1.29 is 13.3 Å². The minimum Gasteiger partial charge on any atom is -0.388 e. The van der Waals surface area contributed by atoms with Crippen LogP contribution in [-0.4, -0.2) is 37.3 Å². The second-order valence-corrected chi connectivity index (χ2v) is 7.27. The molecule has 0 aromatic heterocycles. The molecule has 0 spiro atoms. The molecule has 7 nitrogen and oxygen atoms in total. The second-order valence-electron chi connectivity index (χ2n) is 5.33. The number of nitro benzene ring substituents is 1. The predicted octanol–water partition coefficient (Wildman–Crippen LogP) is 2.45. The highest BCUT2D eigenvalue weighted by atomic mass is 32.2. The first-order chi connectivity index (χ1) is 9.57. The Kier molecular flexibility index (Phi) is 4.95. The van der Waals surface area contributed by atoms with Gasteiger partial charge in [0.15, 0.2) is 4.90 Å². The lowest BCUT2D eigenvalue weighted by Gasteiger charge is -2.33. The number of nitrogens with one attached hydrogen (secondary N) is 1. The van der Waals surface area contributed by atoms with Gasteiger partial charge in [-0.05, 0) is 32.4 Å². The first-order valence-corrected chi connectivity index (χ1v) is 7.97. The molecular formula is C13H21N3O4S. The standard InChI is InChI=1S/C13H21N3O4S/c1-6-13(2,3)15(5)21(19,20)12-9-10(14-4)7-8-11(12)16(17)18/h7-9,14H,6H2,1-5H3. The molecule has 0 amide bonds. The number of nitrogens with zero attached hydrogens (tertiary/aromatic N) is 2. The van der Waals surface area contributed by atoms with Crippen molar-refractivity contribution in [1.82, 2.24) is 4.31 Å². The van der Waals surface area contributed by atoms with Crippen molar-refractivity contribution in [2.24, 2.45) is 0 Å². The maximum atomic E-state index is 12.7. The van der Waals surface area contributed by atoms with Gasteiger partial charge >= 0.3 is 0 Å². The summed E-state index contributed by atoms with van der Waals surface area (Å²) in [4.78, 5) is 10.1. The van der Waals surface area contributed by atoms with Crippen LogP contribution >= 0.6 is 0 Å². The highest BCUT2D eigenvalue weighted by molar-refractivity contribution is 7.89. The summed E-state index contributed by atoms with van der Waals surface area (Å²) in [5, 5.41) is 13.9. The van der Waals surface area contributed by atoms with Crippen molar-refractivity contribution in [1.29, 1.82) is 0 Å². The van der Waals surface area contributed by atoms with E-state index in [1.165, 1.54) is 29.6 Å². The van der Waals surface area contributed by atoms with E-state index in [4.69, 9.17) is 0 Å². The third-order valence-electron chi connectivity index (χ3n) is 3.80. The number of rotatable bonds is 6. The number of anilines is 1. The van der Waals surface area contributed by atoms with Crippen LogP contribution in [-0.2, 0) is 10.0 Å². The van der Waals surface area contributed by atoms with Crippen LogP contribution in [0.2, 0.25) is 0 Å². The van der Waals surface area contributed by atoms with Crippen LogP contribution in [0.5, 0.6) is 0 Å². The summed E-state index contributed by atoms with van der Waals surface area (Å²) in [7, 11) is -0.904. The van der Waals surface area contributed by atoms with E-state index in [9.17, 15) is 18.5 Å². The van der Waals surface area contributed by atoms with E-state index >= 15 is 0 Å². The van der Waals surface area contributed by atoms with Crippen LogP contribution < -0.4 is 5.32 Å². The number of sulfonamides is 1. The SMILES string of the molecule is CCC(C)(C)N(C)S(=O)(=O)c1cc(NC)ccc1[N+](=O)[O-]. The summed E-state index contributed by atoms with van der Waals surface area (Å²) >= 11 is 0. The van der Waals surface area contributed by atoms with E-state index in [0.29, 0.717) is 12.1 Å². The molecule has 0 aliphatic heterocycles. The lowest BCUT2D eigenvalue weighted by molar-refractivity contribution is -0.387. The fraction of sp³-hybridized carbons (Fsp3) is 0.538. The van der Waals surface area contributed by atoms with Gasteiger partial charge in [-0.15, -0.1) is 0 Å². The summed E-state index contributed by atoms with van der Waals surface area (Å²) in [6.07, 6.45) is 0.586. The van der Waals surface area contributed by atoms with E-state index in [2.05, 4.69) is 5.32 Å². The molecule has 0 fully saturated rings. The van der Waals surface area contributed by atoms with Gasteiger partial charge in [-0.25, -0.2) is 8.42 Å². The zero-order valence-electron chi connectivity index (χ0n) is 12.9. The average Bonchev–Trinajstić information content (AvgIpc) is 2.45. The Morgan fingerprint density at radius 3 is 2.38 bits per heavy atom. The molecule has 1 N–H and O–H groups in total. The molecule has 0 aliphatic rings. The summed E-state index contributed by atoms with van der Waals surface area (Å²) in [6.45, 7) is 5.42. The lowest BCUT2D eigenvalue weighted by Crippen LogP contribution is -2.44. The van der Waals surface area contributed by atoms with E-state index in [1.807, 2.05) is 6.92 Å². The fourth-order valence-corrected chi connectivity index (χ4v) is 3.48. The molecule has 0 aliphatic carbocycles. The summed E-state index contributed by atoms with van der Waals surface area (Å²) in [5.74, 6) is 0. The number of nitro groups is 1. The highest BCUT2D eigenvalue weighted by Crippen LogP contribution is 2.32. The molecule has 0 heterocycles. The average molecular weight is 315 g/mol. The number of hydrogen-bond donors (Lipinski definition) is 1. The smallest absolute Gasteiger partial charge is 0.289 e. The predicted molar refractivity (Wildman–Crippen MR) is 82.0 cm³/mol.